The number of hydrogen-bond acceptors (Lipinski definition) is 5. The SMILES string of the molecule is COC(=O)c1ccc(CC(=O)c2cscn2)cc1. The number of Topliss-reactive ketones (excluding diaryl/α,β-unsaturated/α-hetero) is 1. The molecule has 0 fully saturated rings. The van der Waals surface area contributed by atoms with Crippen molar-refractivity contribution >= 4 is 23.1 Å². The predicted octanol–water partition coefficient (Wildman–Crippen LogP) is 2.36. The number of methoxy groups -OCH3 is 1. The lowest BCUT2D eigenvalue weighted by atomic mass is 10.1. The van der Waals surface area contributed by atoms with Crippen LogP contribution in [0.1, 0.15) is 26.4 Å². The molecule has 0 aliphatic rings. The maximum Gasteiger partial charge on any atom is 0.337 e. The zero-order valence-corrected chi connectivity index (χ0v) is 10.6. The van der Waals surface area contributed by atoms with Crippen LogP contribution in [0, 0.1) is 0 Å². The van der Waals surface area contributed by atoms with Crippen LogP contribution in [-0.2, 0) is 11.2 Å². The van der Waals surface area contributed by atoms with E-state index in [0.29, 0.717) is 11.3 Å². The number of ether oxygens (including phenoxy) is 1. The molecule has 0 atom stereocenters. The minimum atomic E-state index is -0.382. The van der Waals surface area contributed by atoms with Crippen molar-refractivity contribution < 1.29 is 14.3 Å². The number of carbonyl (C=O) groups is 2. The van der Waals surface area contributed by atoms with Crippen molar-refractivity contribution in [2.45, 2.75) is 6.42 Å². The second kappa shape index (κ2) is 5.55. The van der Waals surface area contributed by atoms with Crippen molar-refractivity contribution in [3.63, 3.8) is 0 Å². The second-order valence-electron chi connectivity index (χ2n) is 3.66. The van der Waals surface area contributed by atoms with Gasteiger partial charge < -0.3 is 4.74 Å². The van der Waals surface area contributed by atoms with Crippen molar-refractivity contribution in [3.8, 4) is 0 Å². The van der Waals surface area contributed by atoms with Gasteiger partial charge in [-0.25, -0.2) is 9.78 Å². The number of ketones is 1. The maximum atomic E-state index is 11.8. The van der Waals surface area contributed by atoms with E-state index < -0.39 is 0 Å². The van der Waals surface area contributed by atoms with Crippen LogP contribution in [-0.4, -0.2) is 23.8 Å². The monoisotopic (exact) mass is 261 g/mol. The van der Waals surface area contributed by atoms with Crippen LogP contribution in [0.15, 0.2) is 35.2 Å². The van der Waals surface area contributed by atoms with Crippen molar-refractivity contribution in [1.29, 1.82) is 0 Å². The summed E-state index contributed by atoms with van der Waals surface area (Å²) in [5, 5.41) is 1.73. The highest BCUT2D eigenvalue weighted by Crippen LogP contribution is 2.10. The highest BCUT2D eigenvalue weighted by atomic mass is 32.1. The van der Waals surface area contributed by atoms with E-state index in [-0.39, 0.29) is 18.2 Å². The molecule has 1 aromatic carbocycles. The number of hydrogen-bond donors (Lipinski definition) is 0. The van der Waals surface area contributed by atoms with Gasteiger partial charge in [0.05, 0.1) is 18.2 Å². The minimum absolute atomic E-state index is 0.0259. The molecule has 1 aromatic heterocycles. The highest BCUT2D eigenvalue weighted by molar-refractivity contribution is 7.07. The summed E-state index contributed by atoms with van der Waals surface area (Å²) in [5.74, 6) is -0.408. The van der Waals surface area contributed by atoms with E-state index >= 15 is 0 Å². The molecule has 92 valence electrons. The first kappa shape index (κ1) is 12.4. The summed E-state index contributed by atoms with van der Waals surface area (Å²) in [6, 6.07) is 6.79. The van der Waals surface area contributed by atoms with Gasteiger partial charge in [0.25, 0.3) is 0 Å². The Morgan fingerprint density at radius 2 is 2.00 bits per heavy atom. The van der Waals surface area contributed by atoms with E-state index in [1.165, 1.54) is 18.4 Å². The molecule has 18 heavy (non-hydrogen) atoms. The molecule has 0 amide bonds. The van der Waals surface area contributed by atoms with Crippen LogP contribution in [0.3, 0.4) is 0 Å². The van der Waals surface area contributed by atoms with Gasteiger partial charge in [-0.05, 0) is 17.7 Å². The quantitative estimate of drug-likeness (QED) is 0.626. The topological polar surface area (TPSA) is 56.3 Å². The second-order valence-corrected chi connectivity index (χ2v) is 4.38. The van der Waals surface area contributed by atoms with E-state index in [1.807, 2.05) is 0 Å². The smallest absolute Gasteiger partial charge is 0.337 e. The molecule has 0 aliphatic carbocycles. The molecule has 0 spiro atoms. The Kier molecular flexibility index (Phi) is 3.84. The summed E-state index contributed by atoms with van der Waals surface area (Å²) >= 11 is 1.39. The predicted molar refractivity (Wildman–Crippen MR) is 67.9 cm³/mol. The molecule has 0 saturated carbocycles. The number of rotatable bonds is 4. The fourth-order valence-corrected chi connectivity index (χ4v) is 2.06. The lowest BCUT2D eigenvalue weighted by Crippen LogP contribution is -2.05. The number of nitrogens with zero attached hydrogens (tertiary/aromatic N) is 1. The zero-order valence-electron chi connectivity index (χ0n) is 9.75. The third-order valence-corrected chi connectivity index (χ3v) is 3.04. The Balaban J connectivity index is 2.07. The van der Waals surface area contributed by atoms with E-state index in [9.17, 15) is 9.59 Å². The van der Waals surface area contributed by atoms with Crippen LogP contribution >= 0.6 is 11.3 Å². The Bertz CT molecular complexity index is 546. The molecule has 0 radical (unpaired) electrons. The molecule has 4 nitrogen and oxygen atoms in total. The molecule has 0 saturated heterocycles. The number of esters is 1. The van der Waals surface area contributed by atoms with Crippen LogP contribution in [0.5, 0.6) is 0 Å². The van der Waals surface area contributed by atoms with Crippen molar-refractivity contribution in [1.82, 2.24) is 4.98 Å². The third kappa shape index (κ3) is 2.81. The van der Waals surface area contributed by atoms with Crippen LogP contribution in [0.2, 0.25) is 0 Å². The summed E-state index contributed by atoms with van der Waals surface area (Å²) in [6.45, 7) is 0. The first-order valence-electron chi connectivity index (χ1n) is 5.29. The van der Waals surface area contributed by atoms with E-state index in [1.54, 1.807) is 35.2 Å². The molecule has 1 heterocycles. The number of carbonyl (C=O) groups excluding carboxylic acids is 2. The van der Waals surface area contributed by atoms with Gasteiger partial charge in [-0.2, -0.15) is 0 Å². The van der Waals surface area contributed by atoms with Gasteiger partial charge in [-0.1, -0.05) is 12.1 Å². The first-order valence-corrected chi connectivity index (χ1v) is 6.23. The lowest BCUT2D eigenvalue weighted by molar-refractivity contribution is 0.0600. The molecule has 0 bridgehead atoms. The fraction of sp³-hybridized carbons (Fsp3) is 0.154. The highest BCUT2D eigenvalue weighted by Gasteiger charge is 2.10. The van der Waals surface area contributed by atoms with Gasteiger partial charge in [0.15, 0.2) is 5.78 Å². The van der Waals surface area contributed by atoms with Crippen molar-refractivity contribution in [2.24, 2.45) is 0 Å². The van der Waals surface area contributed by atoms with Crippen LogP contribution in [0.25, 0.3) is 0 Å². The van der Waals surface area contributed by atoms with Crippen molar-refractivity contribution in [2.75, 3.05) is 7.11 Å². The van der Waals surface area contributed by atoms with Gasteiger partial charge in [-0.3, -0.25) is 4.79 Å². The summed E-state index contributed by atoms with van der Waals surface area (Å²) in [7, 11) is 1.34. The first-order chi connectivity index (χ1) is 8.70. The summed E-state index contributed by atoms with van der Waals surface area (Å²) in [5.41, 5.74) is 3.44. The van der Waals surface area contributed by atoms with Crippen LogP contribution in [0.4, 0.5) is 0 Å². The summed E-state index contributed by atoms with van der Waals surface area (Å²) < 4.78 is 4.60. The van der Waals surface area contributed by atoms with Crippen molar-refractivity contribution in [3.05, 3.63) is 52.0 Å². The maximum absolute atomic E-state index is 11.8. The Morgan fingerprint density at radius 3 is 2.56 bits per heavy atom. The summed E-state index contributed by atoms with van der Waals surface area (Å²) in [4.78, 5) is 27.0. The van der Waals surface area contributed by atoms with Gasteiger partial charge in [0.2, 0.25) is 0 Å². The molecule has 2 rings (SSSR count). The Labute approximate surface area is 108 Å². The average molecular weight is 261 g/mol. The summed E-state index contributed by atoms with van der Waals surface area (Å²) in [6.07, 6.45) is 0.283. The third-order valence-electron chi connectivity index (χ3n) is 2.46. The van der Waals surface area contributed by atoms with E-state index in [4.69, 9.17) is 0 Å². The molecule has 0 unspecified atom stereocenters. The lowest BCUT2D eigenvalue weighted by Gasteiger charge is -2.01. The fourth-order valence-electron chi connectivity index (χ4n) is 1.50. The Hall–Kier alpha value is -2.01. The van der Waals surface area contributed by atoms with E-state index in [2.05, 4.69) is 9.72 Å². The number of benzene rings is 1. The van der Waals surface area contributed by atoms with Gasteiger partial charge in [0.1, 0.15) is 5.69 Å². The Morgan fingerprint density at radius 1 is 1.28 bits per heavy atom. The number of aromatic nitrogens is 1. The molecule has 2 aromatic rings. The van der Waals surface area contributed by atoms with Crippen LogP contribution < -0.4 is 0 Å². The molecule has 0 N–H and O–H groups in total. The zero-order chi connectivity index (χ0) is 13.0. The number of thiazole rings is 1. The normalized spacial score (nSPS) is 10.1. The largest absolute Gasteiger partial charge is 0.465 e. The van der Waals surface area contributed by atoms with Gasteiger partial charge >= 0.3 is 5.97 Å². The average Bonchev–Trinajstić information content (AvgIpc) is 2.92. The standard InChI is InChI=1S/C13H11NO3S/c1-17-13(16)10-4-2-9(3-5-10)6-12(15)11-7-18-8-14-11/h2-5,7-8H,6H2,1H3. The molecular weight excluding hydrogens is 250 g/mol. The molecule has 5 heteroatoms. The van der Waals surface area contributed by atoms with Gasteiger partial charge in [0, 0.05) is 11.8 Å². The molecule has 0 aliphatic heterocycles. The van der Waals surface area contributed by atoms with Gasteiger partial charge in [-0.15, -0.1) is 11.3 Å². The molecular formula is C13H11NO3S. The minimum Gasteiger partial charge on any atom is -0.465 e. The van der Waals surface area contributed by atoms with E-state index in [0.717, 1.165) is 5.56 Å².